The molecule has 0 fully saturated rings. The van der Waals surface area contributed by atoms with Crippen LogP contribution in [0.25, 0.3) is 0 Å². The monoisotopic (exact) mass is 311 g/mol. The highest BCUT2D eigenvalue weighted by molar-refractivity contribution is 7.10. The van der Waals surface area contributed by atoms with Crippen LogP contribution in [0.15, 0.2) is 29.0 Å². The Morgan fingerprint density at radius 2 is 2.20 bits per heavy atom. The van der Waals surface area contributed by atoms with Gasteiger partial charge in [-0.2, -0.15) is 0 Å². The van der Waals surface area contributed by atoms with Gasteiger partial charge >= 0.3 is 0 Å². The van der Waals surface area contributed by atoms with Crippen molar-refractivity contribution in [1.29, 1.82) is 0 Å². The van der Waals surface area contributed by atoms with Crippen LogP contribution in [0, 0.1) is 0 Å². The highest BCUT2D eigenvalue weighted by Crippen LogP contribution is 2.16. The fraction of sp³-hybridized carbons (Fsp3) is 0.467. The molecule has 110 valence electrons. The van der Waals surface area contributed by atoms with Gasteiger partial charge in [0.1, 0.15) is 0 Å². The Hall–Kier alpha value is -0.720. The third-order valence-electron chi connectivity index (χ3n) is 3.02. The first-order valence-electron chi connectivity index (χ1n) is 6.83. The maximum absolute atomic E-state index is 9.85. The topological polar surface area (TPSA) is 41.5 Å². The Morgan fingerprint density at radius 3 is 2.95 bits per heavy atom. The number of ether oxygens (including phenoxy) is 1. The van der Waals surface area contributed by atoms with E-state index in [0.717, 1.165) is 13.0 Å². The summed E-state index contributed by atoms with van der Waals surface area (Å²) in [7, 11) is 0. The van der Waals surface area contributed by atoms with Crippen LogP contribution in [0.2, 0.25) is 0 Å². The van der Waals surface area contributed by atoms with Gasteiger partial charge in [0.2, 0.25) is 0 Å². The zero-order valence-corrected chi connectivity index (χ0v) is 13.3. The summed E-state index contributed by atoms with van der Waals surface area (Å²) in [6.45, 7) is 4.50. The van der Waals surface area contributed by atoms with E-state index in [1.165, 1.54) is 15.3 Å². The summed E-state index contributed by atoms with van der Waals surface area (Å²) < 4.78 is 5.50. The molecule has 2 heterocycles. The van der Waals surface area contributed by atoms with Crippen molar-refractivity contribution >= 4 is 22.7 Å². The molecular formula is C15H21NO2S2. The lowest BCUT2D eigenvalue weighted by Gasteiger charge is -2.12. The van der Waals surface area contributed by atoms with Crippen LogP contribution in [-0.2, 0) is 24.3 Å². The number of aliphatic hydroxyl groups excluding tert-OH is 1. The highest BCUT2D eigenvalue weighted by atomic mass is 32.1. The Bertz CT molecular complexity index is 482. The van der Waals surface area contributed by atoms with E-state index >= 15 is 0 Å². The third-order valence-corrected chi connectivity index (χ3v) is 4.83. The van der Waals surface area contributed by atoms with Crippen molar-refractivity contribution in [2.45, 2.75) is 32.6 Å². The zero-order valence-electron chi connectivity index (χ0n) is 11.7. The number of hydrogen-bond acceptors (Lipinski definition) is 5. The van der Waals surface area contributed by atoms with Crippen molar-refractivity contribution in [2.24, 2.45) is 0 Å². The first kappa shape index (κ1) is 15.7. The summed E-state index contributed by atoms with van der Waals surface area (Å²) in [5, 5.41) is 17.3. The van der Waals surface area contributed by atoms with Crippen LogP contribution in [-0.4, -0.2) is 24.4 Å². The summed E-state index contributed by atoms with van der Waals surface area (Å²) in [5.74, 6) is 0. The predicted octanol–water partition coefficient (Wildman–Crippen LogP) is 3.04. The van der Waals surface area contributed by atoms with Crippen LogP contribution in [0.3, 0.4) is 0 Å². The van der Waals surface area contributed by atoms with Crippen LogP contribution >= 0.6 is 22.7 Å². The van der Waals surface area contributed by atoms with Gasteiger partial charge in [-0.15, -0.1) is 22.7 Å². The molecule has 0 spiro atoms. The second-order valence-corrected chi connectivity index (χ2v) is 6.63. The third kappa shape index (κ3) is 5.00. The predicted molar refractivity (Wildman–Crippen MR) is 85.4 cm³/mol. The van der Waals surface area contributed by atoms with Gasteiger partial charge in [-0.05, 0) is 34.9 Å². The molecule has 0 aliphatic carbocycles. The highest BCUT2D eigenvalue weighted by Gasteiger charge is 2.06. The average molecular weight is 311 g/mol. The second kappa shape index (κ2) is 8.54. The molecule has 0 bridgehead atoms. The Labute approximate surface area is 128 Å². The number of rotatable bonds is 9. The summed E-state index contributed by atoms with van der Waals surface area (Å²) >= 11 is 3.44. The molecule has 0 aliphatic rings. The molecule has 2 aromatic heterocycles. The number of aryl methyl sites for hydroxylation is 1. The van der Waals surface area contributed by atoms with Gasteiger partial charge in [-0.25, -0.2) is 0 Å². The van der Waals surface area contributed by atoms with Crippen LogP contribution in [0.4, 0.5) is 0 Å². The smallest absolute Gasteiger partial charge is 0.0897 e. The lowest BCUT2D eigenvalue weighted by molar-refractivity contribution is 0.0297. The Morgan fingerprint density at radius 1 is 1.30 bits per heavy atom. The molecule has 0 aliphatic heterocycles. The maximum Gasteiger partial charge on any atom is 0.0897 e. The molecule has 20 heavy (non-hydrogen) atoms. The van der Waals surface area contributed by atoms with Gasteiger partial charge in [0.05, 0.1) is 19.3 Å². The van der Waals surface area contributed by atoms with Crippen molar-refractivity contribution in [1.82, 2.24) is 5.32 Å². The normalized spacial score (nSPS) is 12.7. The number of hydrogen-bond donors (Lipinski definition) is 2. The molecule has 2 aromatic rings. The zero-order chi connectivity index (χ0) is 14.2. The van der Waals surface area contributed by atoms with Gasteiger partial charge in [0, 0.05) is 22.8 Å². The van der Waals surface area contributed by atoms with E-state index in [1.54, 1.807) is 22.7 Å². The summed E-state index contributed by atoms with van der Waals surface area (Å²) in [6.07, 6.45) is 0.604. The van der Waals surface area contributed by atoms with Crippen LogP contribution in [0.1, 0.15) is 22.2 Å². The lowest BCUT2D eigenvalue weighted by Crippen LogP contribution is -2.30. The van der Waals surface area contributed by atoms with Gasteiger partial charge in [0.15, 0.2) is 0 Å². The molecule has 0 aromatic carbocycles. The molecule has 3 nitrogen and oxygen atoms in total. The summed E-state index contributed by atoms with van der Waals surface area (Å²) in [4.78, 5) is 2.55. The molecular weight excluding hydrogens is 290 g/mol. The first-order chi connectivity index (χ1) is 9.79. The summed E-state index contributed by atoms with van der Waals surface area (Å²) in [6, 6.07) is 6.22. The fourth-order valence-corrected chi connectivity index (χ4v) is 3.52. The fourth-order valence-electron chi connectivity index (χ4n) is 1.94. The number of aliphatic hydroxyl groups is 1. The van der Waals surface area contributed by atoms with E-state index in [-0.39, 0.29) is 0 Å². The van der Waals surface area contributed by atoms with E-state index < -0.39 is 6.10 Å². The lowest BCUT2D eigenvalue weighted by atomic mass is 10.2. The minimum atomic E-state index is -0.458. The molecule has 0 amide bonds. The van der Waals surface area contributed by atoms with E-state index in [4.69, 9.17) is 4.74 Å². The van der Waals surface area contributed by atoms with Crippen LogP contribution < -0.4 is 5.32 Å². The van der Waals surface area contributed by atoms with Gasteiger partial charge < -0.3 is 15.2 Å². The number of nitrogens with one attached hydrogen (secondary N) is 1. The largest absolute Gasteiger partial charge is 0.389 e. The van der Waals surface area contributed by atoms with E-state index in [1.807, 2.05) is 17.5 Å². The Kier molecular flexibility index (Phi) is 6.69. The van der Waals surface area contributed by atoms with E-state index in [2.05, 4.69) is 23.7 Å². The average Bonchev–Trinajstić information content (AvgIpc) is 3.09. The Balaban J connectivity index is 1.59. The van der Waals surface area contributed by atoms with Crippen molar-refractivity contribution in [2.75, 3.05) is 13.2 Å². The van der Waals surface area contributed by atoms with Gasteiger partial charge in [-0.1, -0.05) is 13.0 Å². The van der Waals surface area contributed by atoms with E-state index in [0.29, 0.717) is 19.8 Å². The first-order valence-corrected chi connectivity index (χ1v) is 8.59. The molecule has 1 atom stereocenters. The SMILES string of the molecule is CCc1ccsc1CNCC(O)COCc1cccs1. The molecule has 1 unspecified atom stereocenters. The van der Waals surface area contributed by atoms with Crippen molar-refractivity contribution in [3.05, 3.63) is 44.3 Å². The standard InChI is InChI=1S/C15H21NO2S2/c1-2-12-5-7-20-15(12)9-16-8-13(17)10-18-11-14-4-3-6-19-14/h3-7,13,16-17H,2,8-11H2,1H3. The minimum Gasteiger partial charge on any atom is -0.389 e. The van der Waals surface area contributed by atoms with E-state index in [9.17, 15) is 5.11 Å². The molecule has 2 rings (SSSR count). The molecule has 0 radical (unpaired) electrons. The quantitative estimate of drug-likeness (QED) is 0.748. The van der Waals surface area contributed by atoms with Crippen molar-refractivity contribution in [3.63, 3.8) is 0 Å². The summed E-state index contributed by atoms with van der Waals surface area (Å²) in [5.41, 5.74) is 1.39. The maximum atomic E-state index is 9.85. The molecule has 5 heteroatoms. The van der Waals surface area contributed by atoms with Crippen molar-refractivity contribution < 1.29 is 9.84 Å². The van der Waals surface area contributed by atoms with Gasteiger partial charge in [0.25, 0.3) is 0 Å². The van der Waals surface area contributed by atoms with Crippen molar-refractivity contribution in [3.8, 4) is 0 Å². The van der Waals surface area contributed by atoms with Crippen LogP contribution in [0.5, 0.6) is 0 Å². The minimum absolute atomic E-state index is 0.371. The molecule has 0 saturated carbocycles. The van der Waals surface area contributed by atoms with Gasteiger partial charge in [-0.3, -0.25) is 0 Å². The number of thiophene rings is 2. The second-order valence-electron chi connectivity index (χ2n) is 4.60. The molecule has 2 N–H and O–H groups in total. The molecule has 0 saturated heterocycles.